The Morgan fingerprint density at radius 3 is 2.35 bits per heavy atom. The molecule has 0 aliphatic heterocycles. The second-order valence-electron chi connectivity index (χ2n) is 6.17. The fraction of sp³-hybridized carbons (Fsp3) is 0.136. The van der Waals surface area contributed by atoms with Crippen LogP contribution in [0.4, 0.5) is 5.69 Å². The zero-order chi connectivity index (χ0) is 18.5. The molecule has 0 saturated heterocycles. The van der Waals surface area contributed by atoms with E-state index in [-0.39, 0.29) is 5.91 Å². The van der Waals surface area contributed by atoms with Crippen LogP contribution in [0.2, 0.25) is 0 Å². The molecule has 0 heterocycles. The summed E-state index contributed by atoms with van der Waals surface area (Å²) < 4.78 is 6.81. The number of carbonyl (C=O) groups is 1. The Hall–Kier alpha value is -2.59. The van der Waals surface area contributed by atoms with Crippen LogP contribution >= 0.6 is 15.9 Å². The fourth-order valence-electron chi connectivity index (χ4n) is 2.76. The molecule has 0 atom stereocenters. The number of hydrogen-bond donors (Lipinski definition) is 1. The quantitative estimate of drug-likeness (QED) is 0.569. The Labute approximate surface area is 162 Å². The van der Waals surface area contributed by atoms with Crippen LogP contribution in [0, 0.1) is 13.8 Å². The summed E-state index contributed by atoms with van der Waals surface area (Å²) in [6.45, 7) is 4.43. The number of carbonyl (C=O) groups excluding carboxylic acids is 1. The molecule has 0 spiro atoms. The summed E-state index contributed by atoms with van der Waals surface area (Å²) in [5.74, 6) is 0.523. The summed E-state index contributed by atoms with van der Waals surface area (Å²) in [5.41, 5.74) is 4.53. The van der Waals surface area contributed by atoms with Crippen molar-refractivity contribution in [2.24, 2.45) is 0 Å². The minimum absolute atomic E-state index is 0.149. The maximum Gasteiger partial charge on any atom is 0.255 e. The van der Waals surface area contributed by atoms with Crippen LogP contribution in [0.1, 0.15) is 27.0 Å². The Morgan fingerprint density at radius 1 is 0.962 bits per heavy atom. The summed E-state index contributed by atoms with van der Waals surface area (Å²) >= 11 is 3.48. The van der Waals surface area contributed by atoms with E-state index in [9.17, 15) is 4.79 Å². The van der Waals surface area contributed by atoms with Crippen LogP contribution in [0.25, 0.3) is 0 Å². The van der Waals surface area contributed by atoms with Gasteiger partial charge in [0.25, 0.3) is 5.91 Å². The van der Waals surface area contributed by atoms with Gasteiger partial charge in [0.05, 0.1) is 0 Å². The molecular formula is C22H20BrNO2. The number of ether oxygens (including phenoxy) is 1. The van der Waals surface area contributed by atoms with Gasteiger partial charge in [-0.2, -0.15) is 0 Å². The Bertz CT molecular complexity index is 899. The Morgan fingerprint density at radius 2 is 1.65 bits per heavy atom. The maximum atomic E-state index is 12.7. The number of anilines is 1. The first-order valence-electron chi connectivity index (χ1n) is 8.38. The molecule has 132 valence electrons. The standard InChI is InChI=1S/C22H20BrNO2/c1-15-11-19(23)12-16(2)21(15)24-22(25)18-9-6-10-20(13-18)26-14-17-7-4-3-5-8-17/h3-13H,14H2,1-2H3,(H,24,25). The third-order valence-corrected chi connectivity index (χ3v) is 4.54. The van der Waals surface area contributed by atoms with Gasteiger partial charge in [0.1, 0.15) is 12.4 Å². The zero-order valence-corrected chi connectivity index (χ0v) is 16.3. The number of nitrogens with one attached hydrogen (secondary N) is 1. The maximum absolute atomic E-state index is 12.7. The molecule has 0 aromatic heterocycles. The van der Waals surface area contributed by atoms with Crippen molar-refractivity contribution < 1.29 is 9.53 Å². The van der Waals surface area contributed by atoms with Crippen molar-refractivity contribution in [3.63, 3.8) is 0 Å². The normalized spacial score (nSPS) is 10.4. The monoisotopic (exact) mass is 409 g/mol. The summed E-state index contributed by atoms with van der Waals surface area (Å²) in [6.07, 6.45) is 0. The van der Waals surface area contributed by atoms with E-state index in [1.807, 2.05) is 68.4 Å². The first-order chi connectivity index (χ1) is 12.5. The number of amides is 1. The molecule has 0 bridgehead atoms. The van der Waals surface area contributed by atoms with E-state index in [2.05, 4.69) is 21.2 Å². The van der Waals surface area contributed by atoms with E-state index < -0.39 is 0 Å². The molecule has 4 heteroatoms. The Balaban J connectivity index is 1.72. The molecule has 0 unspecified atom stereocenters. The van der Waals surface area contributed by atoms with Gasteiger partial charge in [-0.3, -0.25) is 4.79 Å². The number of benzene rings is 3. The van der Waals surface area contributed by atoms with Gasteiger partial charge in [0.15, 0.2) is 0 Å². The number of hydrogen-bond acceptors (Lipinski definition) is 2. The molecule has 3 rings (SSSR count). The zero-order valence-electron chi connectivity index (χ0n) is 14.8. The van der Waals surface area contributed by atoms with E-state index >= 15 is 0 Å². The third kappa shape index (κ3) is 4.52. The minimum Gasteiger partial charge on any atom is -0.489 e. The number of halogens is 1. The van der Waals surface area contributed by atoms with Crippen molar-refractivity contribution >= 4 is 27.5 Å². The second kappa shape index (κ2) is 8.19. The largest absolute Gasteiger partial charge is 0.489 e. The first-order valence-corrected chi connectivity index (χ1v) is 9.17. The van der Waals surface area contributed by atoms with E-state index in [0.717, 1.165) is 26.9 Å². The van der Waals surface area contributed by atoms with Crippen LogP contribution in [0.5, 0.6) is 5.75 Å². The molecule has 0 saturated carbocycles. The molecule has 0 aliphatic carbocycles. The van der Waals surface area contributed by atoms with Gasteiger partial charge >= 0.3 is 0 Å². The van der Waals surface area contributed by atoms with Crippen LogP contribution in [0.3, 0.4) is 0 Å². The SMILES string of the molecule is Cc1cc(Br)cc(C)c1NC(=O)c1cccc(OCc2ccccc2)c1. The van der Waals surface area contributed by atoms with Crippen molar-refractivity contribution in [1.29, 1.82) is 0 Å². The van der Waals surface area contributed by atoms with Crippen LogP contribution < -0.4 is 10.1 Å². The molecule has 1 N–H and O–H groups in total. The molecule has 0 radical (unpaired) electrons. The van der Waals surface area contributed by atoms with Gasteiger partial charge in [-0.05, 0) is 60.9 Å². The van der Waals surface area contributed by atoms with Crippen molar-refractivity contribution in [1.82, 2.24) is 0 Å². The predicted octanol–water partition coefficient (Wildman–Crippen LogP) is 5.90. The van der Waals surface area contributed by atoms with E-state index in [1.54, 1.807) is 12.1 Å². The first kappa shape index (κ1) is 18.2. The molecular weight excluding hydrogens is 390 g/mol. The average molecular weight is 410 g/mol. The number of rotatable bonds is 5. The smallest absolute Gasteiger partial charge is 0.255 e. The molecule has 3 aromatic rings. The van der Waals surface area contributed by atoms with Crippen molar-refractivity contribution in [3.05, 3.63) is 93.5 Å². The summed E-state index contributed by atoms with van der Waals surface area (Å²) in [4.78, 5) is 12.7. The third-order valence-electron chi connectivity index (χ3n) is 4.08. The van der Waals surface area contributed by atoms with E-state index in [1.165, 1.54) is 0 Å². The highest BCUT2D eigenvalue weighted by atomic mass is 79.9. The highest BCUT2D eigenvalue weighted by molar-refractivity contribution is 9.10. The number of aryl methyl sites for hydroxylation is 2. The topological polar surface area (TPSA) is 38.3 Å². The second-order valence-corrected chi connectivity index (χ2v) is 7.09. The van der Waals surface area contributed by atoms with Gasteiger partial charge in [0.2, 0.25) is 0 Å². The summed E-state index contributed by atoms with van der Waals surface area (Å²) in [5, 5.41) is 3.01. The highest BCUT2D eigenvalue weighted by Crippen LogP contribution is 2.26. The minimum atomic E-state index is -0.149. The summed E-state index contributed by atoms with van der Waals surface area (Å²) in [6, 6.07) is 21.2. The molecule has 0 fully saturated rings. The molecule has 0 aliphatic rings. The Kier molecular flexibility index (Phi) is 5.74. The lowest BCUT2D eigenvalue weighted by Crippen LogP contribution is -2.14. The van der Waals surface area contributed by atoms with Crippen molar-refractivity contribution in [3.8, 4) is 5.75 Å². The lowest BCUT2D eigenvalue weighted by Gasteiger charge is -2.13. The van der Waals surface area contributed by atoms with Gasteiger partial charge in [-0.15, -0.1) is 0 Å². The van der Waals surface area contributed by atoms with Gasteiger partial charge in [-0.1, -0.05) is 52.3 Å². The van der Waals surface area contributed by atoms with Crippen LogP contribution in [-0.4, -0.2) is 5.91 Å². The van der Waals surface area contributed by atoms with Gasteiger partial charge in [-0.25, -0.2) is 0 Å². The summed E-state index contributed by atoms with van der Waals surface area (Å²) in [7, 11) is 0. The van der Waals surface area contributed by atoms with E-state index in [0.29, 0.717) is 17.9 Å². The van der Waals surface area contributed by atoms with Gasteiger partial charge < -0.3 is 10.1 Å². The molecule has 1 amide bonds. The van der Waals surface area contributed by atoms with Crippen molar-refractivity contribution in [2.75, 3.05) is 5.32 Å². The van der Waals surface area contributed by atoms with Gasteiger partial charge in [0, 0.05) is 15.7 Å². The van der Waals surface area contributed by atoms with Crippen LogP contribution in [0.15, 0.2) is 71.2 Å². The lowest BCUT2D eigenvalue weighted by molar-refractivity contribution is 0.102. The molecule has 3 aromatic carbocycles. The molecule has 26 heavy (non-hydrogen) atoms. The lowest BCUT2D eigenvalue weighted by atomic mass is 10.1. The average Bonchev–Trinajstić information content (AvgIpc) is 2.64. The van der Waals surface area contributed by atoms with Crippen molar-refractivity contribution in [2.45, 2.75) is 20.5 Å². The van der Waals surface area contributed by atoms with E-state index in [4.69, 9.17) is 4.74 Å². The predicted molar refractivity (Wildman–Crippen MR) is 109 cm³/mol. The molecule has 3 nitrogen and oxygen atoms in total. The van der Waals surface area contributed by atoms with Crippen LogP contribution in [-0.2, 0) is 6.61 Å². The highest BCUT2D eigenvalue weighted by Gasteiger charge is 2.11. The fourth-order valence-corrected chi connectivity index (χ4v) is 3.45.